The van der Waals surface area contributed by atoms with Crippen LogP contribution in [-0.4, -0.2) is 54.1 Å². The van der Waals surface area contributed by atoms with Gasteiger partial charge in [0.1, 0.15) is 11.4 Å². The first-order valence-corrected chi connectivity index (χ1v) is 10.8. The fourth-order valence-corrected chi connectivity index (χ4v) is 5.79. The fraction of sp³-hybridized carbons (Fsp3) is 0.458. The van der Waals surface area contributed by atoms with Gasteiger partial charge in [0, 0.05) is 19.0 Å². The lowest BCUT2D eigenvalue weighted by molar-refractivity contribution is -0.0895. The highest BCUT2D eigenvalue weighted by Crippen LogP contribution is 2.43. The Balaban J connectivity index is 1.35. The van der Waals surface area contributed by atoms with Gasteiger partial charge in [0.25, 0.3) is 6.02 Å². The van der Waals surface area contributed by atoms with Crippen LogP contribution in [0.2, 0.25) is 0 Å². The predicted molar refractivity (Wildman–Crippen MR) is 110 cm³/mol. The normalized spacial score (nSPS) is 32.8. The van der Waals surface area contributed by atoms with Crippen molar-refractivity contribution >= 4 is 6.02 Å². The van der Waals surface area contributed by atoms with Crippen LogP contribution in [0.4, 0.5) is 4.39 Å². The minimum Gasteiger partial charge on any atom is -0.455 e. The lowest BCUT2D eigenvalue weighted by atomic mass is 9.75. The number of ether oxygens (including phenoxy) is 1. The molecule has 0 unspecified atom stereocenters. The lowest BCUT2D eigenvalue weighted by Gasteiger charge is -2.50. The number of fused-ring (bicyclic) bond motifs is 3. The molecule has 0 aromatic heterocycles. The average molecular weight is 391 g/mol. The molecule has 0 radical (unpaired) electrons. The Morgan fingerprint density at radius 3 is 2.55 bits per heavy atom. The van der Waals surface area contributed by atoms with Gasteiger partial charge in [-0.05, 0) is 61.2 Å². The zero-order chi connectivity index (χ0) is 19.4. The quantitative estimate of drug-likeness (QED) is 0.743. The smallest absolute Gasteiger partial charge is 0.288 e. The van der Waals surface area contributed by atoms with Crippen molar-refractivity contribution in [1.82, 2.24) is 9.80 Å². The summed E-state index contributed by atoms with van der Waals surface area (Å²) in [4.78, 5) is 9.78. The number of benzene rings is 2. The highest BCUT2D eigenvalue weighted by atomic mass is 19.1. The first kappa shape index (κ1) is 17.5. The van der Waals surface area contributed by atoms with E-state index in [1.165, 1.54) is 37.1 Å². The van der Waals surface area contributed by atoms with E-state index in [0.717, 1.165) is 37.6 Å². The molecule has 1 spiro atoms. The van der Waals surface area contributed by atoms with E-state index in [0.29, 0.717) is 5.92 Å². The maximum absolute atomic E-state index is 13.6. The summed E-state index contributed by atoms with van der Waals surface area (Å²) in [6.07, 6.45) is 3.40. The molecule has 150 valence electrons. The molecule has 2 aromatic rings. The maximum Gasteiger partial charge on any atom is 0.288 e. The number of aliphatic imine (C=N–C) groups is 1. The summed E-state index contributed by atoms with van der Waals surface area (Å²) in [7, 11) is 0. The van der Waals surface area contributed by atoms with E-state index < -0.39 is 0 Å². The highest BCUT2D eigenvalue weighted by molar-refractivity contribution is 5.78. The van der Waals surface area contributed by atoms with Crippen molar-refractivity contribution in [2.45, 2.75) is 30.9 Å². The van der Waals surface area contributed by atoms with Crippen molar-refractivity contribution in [3.8, 4) is 0 Å². The molecule has 2 aromatic carbocycles. The van der Waals surface area contributed by atoms with E-state index in [9.17, 15) is 4.39 Å². The van der Waals surface area contributed by atoms with Crippen molar-refractivity contribution < 1.29 is 9.13 Å². The van der Waals surface area contributed by atoms with Crippen LogP contribution in [0.5, 0.6) is 0 Å². The van der Waals surface area contributed by atoms with Crippen LogP contribution in [0.1, 0.15) is 35.6 Å². The Hall–Kier alpha value is -2.40. The molecule has 29 heavy (non-hydrogen) atoms. The molecule has 4 nitrogen and oxygen atoms in total. The molecule has 0 N–H and O–H groups in total. The monoisotopic (exact) mass is 391 g/mol. The van der Waals surface area contributed by atoms with Crippen LogP contribution in [0.15, 0.2) is 53.5 Å². The van der Waals surface area contributed by atoms with Crippen molar-refractivity contribution in [3.05, 3.63) is 71.0 Å². The summed E-state index contributed by atoms with van der Waals surface area (Å²) in [6.45, 7) is 5.01. The number of piperidine rings is 3. The fourth-order valence-electron chi connectivity index (χ4n) is 5.79. The van der Waals surface area contributed by atoms with Crippen molar-refractivity contribution in [2.75, 3.05) is 32.7 Å². The molecule has 2 bridgehead atoms. The van der Waals surface area contributed by atoms with Crippen LogP contribution in [0.3, 0.4) is 0 Å². The Bertz CT molecular complexity index is 951. The average Bonchev–Trinajstić information content (AvgIpc) is 3.17. The summed E-state index contributed by atoms with van der Waals surface area (Å²) in [5, 5.41) is 0. The third-order valence-electron chi connectivity index (χ3n) is 7.31. The minimum absolute atomic E-state index is 0.00975. The van der Waals surface area contributed by atoms with E-state index in [4.69, 9.17) is 9.73 Å². The first-order chi connectivity index (χ1) is 14.2. The van der Waals surface area contributed by atoms with Gasteiger partial charge in [-0.15, -0.1) is 0 Å². The van der Waals surface area contributed by atoms with Gasteiger partial charge in [0.2, 0.25) is 0 Å². The molecule has 0 aliphatic carbocycles. The zero-order valence-electron chi connectivity index (χ0n) is 16.6. The zero-order valence-corrected chi connectivity index (χ0v) is 16.6. The number of nitrogens with zero attached hydrogens (tertiary/aromatic N) is 3. The number of halogens is 1. The molecule has 5 heterocycles. The second-order valence-electron chi connectivity index (χ2n) is 8.91. The highest BCUT2D eigenvalue weighted by Gasteiger charge is 2.53. The summed E-state index contributed by atoms with van der Waals surface area (Å²) in [6, 6.07) is 16.3. The first-order valence-electron chi connectivity index (χ1n) is 10.8. The largest absolute Gasteiger partial charge is 0.455 e. The molecule has 7 rings (SSSR count). The Labute approximate surface area is 171 Å². The van der Waals surface area contributed by atoms with Crippen molar-refractivity contribution in [3.63, 3.8) is 0 Å². The molecular formula is C24H26FN3O. The van der Waals surface area contributed by atoms with Gasteiger partial charge < -0.3 is 9.64 Å². The Morgan fingerprint density at radius 1 is 1.00 bits per heavy atom. The number of rotatable bonds is 1. The summed E-state index contributed by atoms with van der Waals surface area (Å²) >= 11 is 0. The molecular weight excluding hydrogens is 365 g/mol. The van der Waals surface area contributed by atoms with Gasteiger partial charge in [-0.3, -0.25) is 4.90 Å². The molecule has 3 fully saturated rings. The van der Waals surface area contributed by atoms with Crippen LogP contribution >= 0.6 is 0 Å². The Morgan fingerprint density at radius 2 is 1.79 bits per heavy atom. The molecule has 5 aliphatic rings. The molecule has 0 saturated carbocycles. The maximum atomic E-state index is 13.6. The van der Waals surface area contributed by atoms with Gasteiger partial charge in [-0.25, -0.2) is 9.38 Å². The number of hydrogen-bond donors (Lipinski definition) is 0. The van der Waals surface area contributed by atoms with Crippen molar-refractivity contribution in [2.24, 2.45) is 10.9 Å². The Kier molecular flexibility index (Phi) is 3.95. The third-order valence-corrected chi connectivity index (χ3v) is 7.31. The van der Waals surface area contributed by atoms with Crippen molar-refractivity contribution in [1.29, 1.82) is 0 Å². The van der Waals surface area contributed by atoms with Gasteiger partial charge in [0.15, 0.2) is 0 Å². The lowest BCUT2D eigenvalue weighted by Crippen LogP contribution is -2.61. The second kappa shape index (κ2) is 6.56. The van der Waals surface area contributed by atoms with E-state index in [2.05, 4.69) is 34.1 Å². The van der Waals surface area contributed by atoms with E-state index in [1.807, 2.05) is 12.1 Å². The third kappa shape index (κ3) is 2.78. The topological polar surface area (TPSA) is 28.1 Å². The van der Waals surface area contributed by atoms with Crippen LogP contribution in [0, 0.1) is 11.7 Å². The van der Waals surface area contributed by atoms with Crippen LogP contribution < -0.4 is 0 Å². The predicted octanol–water partition coefficient (Wildman–Crippen LogP) is 3.62. The second-order valence-corrected chi connectivity index (χ2v) is 8.91. The minimum atomic E-state index is -0.204. The SMILES string of the molecule is Fc1ccc([C@H]2c3ccccc3CCN2C2=NC[C@]3(CN4CCC3CC4)O2)cc1. The number of hydrogen-bond acceptors (Lipinski definition) is 4. The van der Waals surface area contributed by atoms with Crippen LogP contribution in [-0.2, 0) is 11.2 Å². The van der Waals surface area contributed by atoms with Gasteiger partial charge in [-0.2, -0.15) is 0 Å². The van der Waals surface area contributed by atoms with Crippen LogP contribution in [0.25, 0.3) is 0 Å². The standard InChI is InChI=1S/C24H26FN3O/c25-20-7-5-18(6-8-20)22-21-4-2-1-3-17(21)9-14-28(22)23-26-15-24(29-23)16-27-12-10-19(24)11-13-27/h1-8,19,22H,9-16H2/t22-,24+/m0/s1. The van der Waals surface area contributed by atoms with E-state index >= 15 is 0 Å². The summed E-state index contributed by atoms with van der Waals surface area (Å²) in [5.74, 6) is 0.403. The molecule has 5 heteroatoms. The molecule has 0 amide bonds. The molecule has 5 aliphatic heterocycles. The molecule has 2 atom stereocenters. The summed E-state index contributed by atoms with van der Waals surface area (Å²) < 4.78 is 20.3. The van der Waals surface area contributed by atoms with E-state index in [-0.39, 0.29) is 17.5 Å². The van der Waals surface area contributed by atoms with E-state index in [1.54, 1.807) is 12.1 Å². The molecule has 3 saturated heterocycles. The van der Waals surface area contributed by atoms with Gasteiger partial charge >= 0.3 is 0 Å². The van der Waals surface area contributed by atoms with Gasteiger partial charge in [-0.1, -0.05) is 36.4 Å². The summed E-state index contributed by atoms with van der Waals surface area (Å²) in [5.41, 5.74) is 3.57. The number of amidine groups is 1. The van der Waals surface area contributed by atoms with Gasteiger partial charge in [0.05, 0.1) is 12.6 Å².